The molecule has 1 unspecified atom stereocenters. The molecule has 24 heavy (non-hydrogen) atoms. The van der Waals surface area contributed by atoms with Crippen LogP contribution < -0.4 is 5.32 Å². The molecule has 6 heteroatoms. The molecule has 0 spiro atoms. The van der Waals surface area contributed by atoms with Crippen molar-refractivity contribution in [1.82, 2.24) is 25.4 Å². The lowest BCUT2D eigenvalue weighted by Crippen LogP contribution is -2.47. The number of aryl methyl sites for hydroxylation is 2. The molecule has 1 fully saturated rings. The van der Waals surface area contributed by atoms with Crippen LogP contribution in [0.1, 0.15) is 35.4 Å². The molecule has 0 aliphatic carbocycles. The molecule has 3 rings (SSSR count). The zero-order valence-electron chi connectivity index (χ0n) is 14.4. The average Bonchev–Trinajstić information content (AvgIpc) is 2.88. The molecular weight excluding hydrogens is 302 g/mol. The Kier molecular flexibility index (Phi) is 5.25. The first-order valence-electron chi connectivity index (χ1n) is 8.53. The van der Waals surface area contributed by atoms with Gasteiger partial charge in [0, 0.05) is 42.8 Å². The van der Waals surface area contributed by atoms with E-state index >= 15 is 0 Å². The van der Waals surface area contributed by atoms with Crippen molar-refractivity contribution >= 4 is 5.91 Å². The van der Waals surface area contributed by atoms with E-state index < -0.39 is 0 Å². The van der Waals surface area contributed by atoms with Crippen LogP contribution in [-0.4, -0.2) is 45.1 Å². The molecule has 1 aliphatic rings. The maximum Gasteiger partial charge on any atom is 0.224 e. The van der Waals surface area contributed by atoms with E-state index in [4.69, 9.17) is 0 Å². The number of aromatic nitrogens is 3. The molecule has 6 nitrogen and oxygen atoms in total. The summed E-state index contributed by atoms with van der Waals surface area (Å²) in [6, 6.07) is 4.28. The Balaban J connectivity index is 1.52. The predicted octanol–water partition coefficient (Wildman–Crippen LogP) is 1.74. The number of carbonyl (C=O) groups is 1. The number of nitrogens with zero attached hydrogens (tertiary/aromatic N) is 3. The summed E-state index contributed by atoms with van der Waals surface area (Å²) in [4.78, 5) is 18.9. The predicted molar refractivity (Wildman–Crippen MR) is 92.4 cm³/mol. The van der Waals surface area contributed by atoms with Crippen molar-refractivity contribution in [3.8, 4) is 0 Å². The second kappa shape index (κ2) is 7.57. The Bertz CT molecular complexity index is 662. The Morgan fingerprint density at radius 3 is 3.04 bits per heavy atom. The van der Waals surface area contributed by atoms with E-state index in [0.29, 0.717) is 6.42 Å². The van der Waals surface area contributed by atoms with E-state index in [1.807, 2.05) is 26.1 Å². The highest BCUT2D eigenvalue weighted by Crippen LogP contribution is 2.14. The topological polar surface area (TPSA) is 73.9 Å². The van der Waals surface area contributed by atoms with Gasteiger partial charge in [-0.05, 0) is 44.9 Å². The van der Waals surface area contributed by atoms with E-state index in [-0.39, 0.29) is 11.9 Å². The van der Waals surface area contributed by atoms with Gasteiger partial charge in [-0.2, -0.15) is 5.10 Å². The number of H-pyrrole nitrogens is 1. The zero-order valence-corrected chi connectivity index (χ0v) is 14.4. The zero-order chi connectivity index (χ0) is 16.9. The van der Waals surface area contributed by atoms with Crippen molar-refractivity contribution < 1.29 is 4.79 Å². The maximum absolute atomic E-state index is 12.4. The minimum atomic E-state index is 0.0795. The third kappa shape index (κ3) is 4.20. The molecule has 2 aromatic heterocycles. The van der Waals surface area contributed by atoms with Crippen molar-refractivity contribution in [2.75, 3.05) is 13.1 Å². The van der Waals surface area contributed by atoms with Crippen molar-refractivity contribution in [3.05, 3.63) is 47.0 Å². The summed E-state index contributed by atoms with van der Waals surface area (Å²) in [7, 11) is 0. The van der Waals surface area contributed by atoms with Gasteiger partial charge in [-0.1, -0.05) is 6.07 Å². The van der Waals surface area contributed by atoms with Gasteiger partial charge in [0.15, 0.2) is 0 Å². The van der Waals surface area contributed by atoms with Gasteiger partial charge in [0.2, 0.25) is 5.91 Å². The molecule has 0 saturated carbocycles. The summed E-state index contributed by atoms with van der Waals surface area (Å²) in [5.41, 5.74) is 4.11. The van der Waals surface area contributed by atoms with Crippen LogP contribution in [0.4, 0.5) is 0 Å². The smallest absolute Gasteiger partial charge is 0.224 e. The van der Waals surface area contributed by atoms with Gasteiger partial charge in [-0.3, -0.25) is 19.8 Å². The molecule has 2 aromatic rings. The highest BCUT2D eigenvalue weighted by molar-refractivity contribution is 5.79. The van der Waals surface area contributed by atoms with Gasteiger partial charge in [-0.25, -0.2) is 0 Å². The van der Waals surface area contributed by atoms with E-state index in [0.717, 1.165) is 49.4 Å². The summed E-state index contributed by atoms with van der Waals surface area (Å²) in [5.74, 6) is 0.0795. The molecule has 1 aliphatic heterocycles. The second-order valence-electron chi connectivity index (χ2n) is 6.59. The quantitative estimate of drug-likeness (QED) is 0.877. The third-order valence-electron chi connectivity index (χ3n) is 4.62. The maximum atomic E-state index is 12.4. The molecule has 0 bridgehead atoms. The Morgan fingerprint density at radius 1 is 1.46 bits per heavy atom. The highest BCUT2D eigenvalue weighted by atomic mass is 16.1. The lowest BCUT2D eigenvalue weighted by atomic mass is 10.0. The molecular formula is C18H25N5O. The van der Waals surface area contributed by atoms with Gasteiger partial charge in [0.1, 0.15) is 0 Å². The van der Waals surface area contributed by atoms with E-state index in [2.05, 4.69) is 31.5 Å². The van der Waals surface area contributed by atoms with Crippen molar-refractivity contribution in [2.24, 2.45) is 0 Å². The van der Waals surface area contributed by atoms with Crippen molar-refractivity contribution in [3.63, 3.8) is 0 Å². The van der Waals surface area contributed by atoms with Gasteiger partial charge in [0.25, 0.3) is 0 Å². The second-order valence-corrected chi connectivity index (χ2v) is 6.59. The molecule has 1 atom stereocenters. The summed E-state index contributed by atoms with van der Waals surface area (Å²) in [5, 5.41) is 10.3. The largest absolute Gasteiger partial charge is 0.352 e. The Labute approximate surface area is 142 Å². The van der Waals surface area contributed by atoms with Crippen LogP contribution in [0.15, 0.2) is 24.5 Å². The molecule has 3 heterocycles. The first-order valence-corrected chi connectivity index (χ1v) is 8.53. The van der Waals surface area contributed by atoms with Gasteiger partial charge >= 0.3 is 0 Å². The normalized spacial score (nSPS) is 18.5. The number of hydrogen-bond acceptors (Lipinski definition) is 4. The molecule has 0 aromatic carbocycles. The van der Waals surface area contributed by atoms with Crippen molar-refractivity contribution in [2.45, 2.75) is 45.7 Å². The van der Waals surface area contributed by atoms with Gasteiger partial charge in [-0.15, -0.1) is 0 Å². The Morgan fingerprint density at radius 2 is 2.33 bits per heavy atom. The van der Waals surface area contributed by atoms with E-state index in [1.54, 1.807) is 6.20 Å². The number of piperidine rings is 1. The summed E-state index contributed by atoms with van der Waals surface area (Å²) >= 11 is 0. The van der Waals surface area contributed by atoms with Crippen molar-refractivity contribution in [1.29, 1.82) is 0 Å². The number of likely N-dealkylation sites (tertiary alicyclic amines) is 1. The third-order valence-corrected chi connectivity index (χ3v) is 4.62. The molecule has 1 saturated heterocycles. The molecule has 0 radical (unpaired) electrons. The number of rotatable bonds is 5. The van der Waals surface area contributed by atoms with E-state index in [1.165, 1.54) is 5.56 Å². The number of nitrogens with one attached hydrogen (secondary N) is 2. The average molecular weight is 327 g/mol. The molecule has 2 N–H and O–H groups in total. The number of aromatic amines is 1. The first kappa shape index (κ1) is 16.6. The van der Waals surface area contributed by atoms with Crippen LogP contribution in [0.3, 0.4) is 0 Å². The lowest BCUT2D eigenvalue weighted by Gasteiger charge is -2.33. The standard InChI is InChI=1S/C18H25N5O/c1-13-17(14(2)22-21-13)9-18(24)20-16-6-4-8-23(12-16)11-15-5-3-7-19-10-15/h3,5,7,10,16H,4,6,8-9,11-12H2,1-2H3,(H,20,24)(H,21,22). The van der Waals surface area contributed by atoms with Gasteiger partial charge < -0.3 is 5.32 Å². The number of carbonyl (C=O) groups excluding carboxylic acids is 1. The number of pyridine rings is 1. The van der Waals surface area contributed by atoms with Crippen LogP contribution in [0, 0.1) is 13.8 Å². The van der Waals surface area contributed by atoms with Crippen LogP contribution in [0.25, 0.3) is 0 Å². The fourth-order valence-electron chi connectivity index (χ4n) is 3.34. The fourth-order valence-corrected chi connectivity index (χ4v) is 3.34. The summed E-state index contributed by atoms with van der Waals surface area (Å²) in [6.45, 7) is 6.74. The minimum Gasteiger partial charge on any atom is -0.352 e. The molecule has 128 valence electrons. The van der Waals surface area contributed by atoms with Crippen LogP contribution in [0.5, 0.6) is 0 Å². The lowest BCUT2D eigenvalue weighted by molar-refractivity contribution is -0.121. The molecule has 1 amide bonds. The SMILES string of the molecule is Cc1n[nH]c(C)c1CC(=O)NC1CCCN(Cc2cccnc2)C1. The number of hydrogen-bond donors (Lipinski definition) is 2. The monoisotopic (exact) mass is 327 g/mol. The van der Waals surface area contributed by atoms with Gasteiger partial charge in [0.05, 0.1) is 12.1 Å². The highest BCUT2D eigenvalue weighted by Gasteiger charge is 2.22. The van der Waals surface area contributed by atoms with Crippen LogP contribution in [-0.2, 0) is 17.8 Å². The van der Waals surface area contributed by atoms with Crippen LogP contribution in [0.2, 0.25) is 0 Å². The minimum absolute atomic E-state index is 0.0795. The van der Waals surface area contributed by atoms with Crippen LogP contribution >= 0.6 is 0 Å². The van der Waals surface area contributed by atoms with E-state index in [9.17, 15) is 4.79 Å². The Hall–Kier alpha value is -2.21. The first-order chi connectivity index (χ1) is 11.6. The summed E-state index contributed by atoms with van der Waals surface area (Å²) in [6.07, 6.45) is 6.25. The fraction of sp³-hybridized carbons (Fsp3) is 0.500. The summed E-state index contributed by atoms with van der Waals surface area (Å²) < 4.78 is 0. The number of amides is 1.